The number of carbonyl (C=O) groups is 2. The lowest BCUT2D eigenvalue weighted by atomic mass is 10.1. The Balaban J connectivity index is 1.84. The van der Waals surface area contributed by atoms with E-state index in [2.05, 4.69) is 16.0 Å². The number of nitrogens with one attached hydrogen (secondary N) is 3. The zero-order valence-electron chi connectivity index (χ0n) is 13.3. The minimum atomic E-state index is -0.135. The molecule has 1 aromatic rings. The minimum absolute atomic E-state index is 0.0905. The Morgan fingerprint density at radius 3 is 2.64 bits per heavy atom. The predicted octanol–water partition coefficient (Wildman–Crippen LogP) is 2.57. The predicted molar refractivity (Wildman–Crippen MR) is 86.7 cm³/mol. The maximum Gasteiger partial charge on any atom is 0.315 e. The molecule has 0 spiro atoms. The molecule has 22 heavy (non-hydrogen) atoms. The Bertz CT molecular complexity index is 522. The van der Waals surface area contributed by atoms with Crippen LogP contribution in [0.5, 0.6) is 0 Å². The molecule has 0 radical (unpaired) electrons. The van der Waals surface area contributed by atoms with E-state index in [0.29, 0.717) is 18.2 Å². The molecule has 0 aromatic heterocycles. The summed E-state index contributed by atoms with van der Waals surface area (Å²) >= 11 is 0. The summed E-state index contributed by atoms with van der Waals surface area (Å²) < 4.78 is 0. The third-order valence-corrected chi connectivity index (χ3v) is 3.75. The van der Waals surface area contributed by atoms with E-state index in [1.165, 1.54) is 12.8 Å². The van der Waals surface area contributed by atoms with Gasteiger partial charge in [-0.3, -0.25) is 4.79 Å². The van der Waals surface area contributed by atoms with Gasteiger partial charge in [0.2, 0.25) is 0 Å². The van der Waals surface area contributed by atoms with Crippen molar-refractivity contribution in [1.82, 2.24) is 16.0 Å². The second-order valence-electron chi connectivity index (χ2n) is 6.14. The normalized spacial score (nSPS) is 14.9. The Kier molecular flexibility index (Phi) is 5.81. The first-order valence-corrected chi connectivity index (χ1v) is 7.99. The zero-order valence-corrected chi connectivity index (χ0v) is 13.3. The number of hydrogen-bond acceptors (Lipinski definition) is 2. The lowest BCUT2D eigenvalue weighted by Gasteiger charge is -2.13. The van der Waals surface area contributed by atoms with Gasteiger partial charge in [0.05, 0.1) is 0 Å². The van der Waals surface area contributed by atoms with Crippen LogP contribution in [0.2, 0.25) is 0 Å². The van der Waals surface area contributed by atoms with Crippen LogP contribution in [-0.2, 0) is 6.54 Å². The first-order valence-electron chi connectivity index (χ1n) is 7.99. The molecule has 1 fully saturated rings. The van der Waals surface area contributed by atoms with Gasteiger partial charge in [-0.2, -0.15) is 0 Å². The molecule has 1 aliphatic rings. The number of amides is 3. The Labute approximate surface area is 131 Å². The highest BCUT2D eigenvalue weighted by atomic mass is 16.2. The van der Waals surface area contributed by atoms with Crippen LogP contribution in [0.15, 0.2) is 24.3 Å². The van der Waals surface area contributed by atoms with Gasteiger partial charge in [0.25, 0.3) is 5.91 Å². The summed E-state index contributed by atoms with van der Waals surface area (Å²) in [5.74, 6) is -0.0905. The number of rotatable bonds is 5. The van der Waals surface area contributed by atoms with Gasteiger partial charge in [-0.1, -0.05) is 25.0 Å². The van der Waals surface area contributed by atoms with Crippen molar-refractivity contribution >= 4 is 11.9 Å². The molecule has 5 heteroatoms. The van der Waals surface area contributed by atoms with Crippen LogP contribution in [0.3, 0.4) is 0 Å². The average molecular weight is 303 g/mol. The second kappa shape index (κ2) is 7.82. The fourth-order valence-corrected chi connectivity index (χ4v) is 2.66. The molecule has 0 atom stereocenters. The smallest absolute Gasteiger partial charge is 0.315 e. The molecular weight excluding hydrogens is 278 g/mol. The van der Waals surface area contributed by atoms with Crippen molar-refractivity contribution in [3.8, 4) is 0 Å². The molecule has 120 valence electrons. The van der Waals surface area contributed by atoms with Gasteiger partial charge in [0, 0.05) is 24.2 Å². The molecule has 0 aliphatic heterocycles. The van der Waals surface area contributed by atoms with Crippen LogP contribution < -0.4 is 16.0 Å². The van der Waals surface area contributed by atoms with Gasteiger partial charge in [-0.05, 0) is 44.4 Å². The Morgan fingerprint density at radius 1 is 1.23 bits per heavy atom. The van der Waals surface area contributed by atoms with Gasteiger partial charge < -0.3 is 16.0 Å². The summed E-state index contributed by atoms with van der Waals surface area (Å²) in [6.07, 6.45) is 4.52. The van der Waals surface area contributed by atoms with Gasteiger partial charge >= 0.3 is 6.03 Å². The topological polar surface area (TPSA) is 70.2 Å². The van der Waals surface area contributed by atoms with E-state index in [9.17, 15) is 9.59 Å². The number of carbonyl (C=O) groups excluding carboxylic acids is 2. The number of hydrogen-bond donors (Lipinski definition) is 3. The van der Waals surface area contributed by atoms with Gasteiger partial charge in [-0.25, -0.2) is 4.79 Å². The van der Waals surface area contributed by atoms with E-state index in [1.54, 1.807) is 6.07 Å². The van der Waals surface area contributed by atoms with Crippen LogP contribution in [0.1, 0.15) is 55.5 Å². The molecule has 0 unspecified atom stereocenters. The quantitative estimate of drug-likeness (QED) is 0.782. The summed E-state index contributed by atoms with van der Waals surface area (Å²) in [5, 5.41) is 8.70. The first-order chi connectivity index (χ1) is 10.5. The van der Waals surface area contributed by atoms with Crippen LogP contribution >= 0.6 is 0 Å². The molecule has 2 rings (SSSR count). The van der Waals surface area contributed by atoms with Gasteiger partial charge in [0.1, 0.15) is 0 Å². The second-order valence-corrected chi connectivity index (χ2v) is 6.14. The summed E-state index contributed by atoms with van der Waals surface area (Å²) in [6.45, 7) is 4.27. The standard InChI is InChI=1S/C17H25N3O2/c1-12(2)19-16(21)14-7-5-6-13(10-14)11-18-17(22)20-15-8-3-4-9-15/h5-7,10,12,15H,3-4,8-9,11H2,1-2H3,(H,19,21)(H2,18,20,22). The third-order valence-electron chi connectivity index (χ3n) is 3.75. The molecule has 0 heterocycles. The van der Waals surface area contributed by atoms with E-state index in [0.717, 1.165) is 18.4 Å². The van der Waals surface area contributed by atoms with Crippen molar-refractivity contribution in [2.45, 2.75) is 58.2 Å². The van der Waals surface area contributed by atoms with Crippen molar-refractivity contribution in [2.75, 3.05) is 0 Å². The van der Waals surface area contributed by atoms with E-state index in [-0.39, 0.29) is 18.0 Å². The van der Waals surface area contributed by atoms with Crippen molar-refractivity contribution < 1.29 is 9.59 Å². The SMILES string of the molecule is CC(C)NC(=O)c1cccc(CNC(=O)NC2CCCC2)c1. The van der Waals surface area contributed by atoms with Crippen molar-refractivity contribution in [2.24, 2.45) is 0 Å². The number of benzene rings is 1. The highest BCUT2D eigenvalue weighted by Crippen LogP contribution is 2.17. The summed E-state index contributed by atoms with van der Waals surface area (Å²) in [6, 6.07) is 7.61. The zero-order chi connectivity index (χ0) is 15.9. The van der Waals surface area contributed by atoms with E-state index in [4.69, 9.17) is 0 Å². The molecule has 5 nitrogen and oxygen atoms in total. The van der Waals surface area contributed by atoms with Gasteiger partial charge in [-0.15, -0.1) is 0 Å². The van der Waals surface area contributed by atoms with Crippen LogP contribution in [0, 0.1) is 0 Å². The monoisotopic (exact) mass is 303 g/mol. The molecular formula is C17H25N3O2. The first kappa shape index (κ1) is 16.3. The minimum Gasteiger partial charge on any atom is -0.350 e. The molecule has 3 N–H and O–H groups in total. The molecule has 1 aromatic carbocycles. The summed E-state index contributed by atoms with van der Waals surface area (Å²) in [4.78, 5) is 23.8. The van der Waals surface area contributed by atoms with Crippen LogP contribution in [-0.4, -0.2) is 24.0 Å². The lowest BCUT2D eigenvalue weighted by molar-refractivity contribution is 0.0943. The highest BCUT2D eigenvalue weighted by Gasteiger charge is 2.16. The third kappa shape index (κ3) is 5.06. The van der Waals surface area contributed by atoms with E-state index in [1.807, 2.05) is 32.0 Å². The lowest BCUT2D eigenvalue weighted by Crippen LogP contribution is -2.40. The molecule has 0 bridgehead atoms. The van der Waals surface area contributed by atoms with Crippen LogP contribution in [0.4, 0.5) is 4.79 Å². The molecule has 3 amide bonds. The van der Waals surface area contributed by atoms with Crippen molar-refractivity contribution in [3.05, 3.63) is 35.4 Å². The maximum absolute atomic E-state index is 12.0. The molecule has 1 aliphatic carbocycles. The molecule has 0 saturated heterocycles. The molecule has 1 saturated carbocycles. The van der Waals surface area contributed by atoms with Crippen molar-refractivity contribution in [1.29, 1.82) is 0 Å². The summed E-state index contributed by atoms with van der Waals surface area (Å²) in [7, 11) is 0. The van der Waals surface area contributed by atoms with E-state index < -0.39 is 0 Å². The largest absolute Gasteiger partial charge is 0.350 e. The fourth-order valence-electron chi connectivity index (χ4n) is 2.66. The van der Waals surface area contributed by atoms with Gasteiger partial charge in [0.15, 0.2) is 0 Å². The number of urea groups is 1. The van der Waals surface area contributed by atoms with Crippen LogP contribution in [0.25, 0.3) is 0 Å². The van der Waals surface area contributed by atoms with Crippen molar-refractivity contribution in [3.63, 3.8) is 0 Å². The Morgan fingerprint density at radius 2 is 1.95 bits per heavy atom. The Hall–Kier alpha value is -2.04. The average Bonchev–Trinajstić information content (AvgIpc) is 2.97. The summed E-state index contributed by atoms with van der Waals surface area (Å²) in [5.41, 5.74) is 1.53. The maximum atomic E-state index is 12.0. The van der Waals surface area contributed by atoms with E-state index >= 15 is 0 Å². The highest BCUT2D eigenvalue weighted by molar-refractivity contribution is 5.94. The fraction of sp³-hybridized carbons (Fsp3) is 0.529.